The Bertz CT molecular complexity index is 411. The van der Waals surface area contributed by atoms with Crippen LogP contribution in [0.3, 0.4) is 0 Å². The zero-order valence-electron chi connectivity index (χ0n) is 6.68. The van der Waals surface area contributed by atoms with Crippen molar-refractivity contribution in [3.8, 4) is 10.6 Å². The van der Waals surface area contributed by atoms with E-state index in [4.69, 9.17) is 0 Å². The number of carbonyl (C=O) groups excluding carboxylic acids is 1. The predicted octanol–water partition coefficient (Wildman–Crippen LogP) is 2.02. The Morgan fingerprint density at radius 2 is 2.38 bits per heavy atom. The minimum Gasteiger partial charge on any atom is -0.298 e. The van der Waals surface area contributed by atoms with E-state index in [1.165, 1.54) is 11.3 Å². The normalized spacial score (nSPS) is 9.85. The van der Waals surface area contributed by atoms with Gasteiger partial charge in [-0.25, -0.2) is 0 Å². The summed E-state index contributed by atoms with van der Waals surface area (Å²) in [5.41, 5.74) is 3.03. The van der Waals surface area contributed by atoms with Crippen LogP contribution in [0, 0.1) is 0 Å². The third kappa shape index (κ3) is 1.48. The number of hydrogen-bond acceptors (Lipinski definition) is 4. The van der Waals surface area contributed by atoms with Crippen molar-refractivity contribution in [3.63, 3.8) is 0 Å². The van der Waals surface area contributed by atoms with Gasteiger partial charge in [-0.15, -0.1) is 11.3 Å². The van der Waals surface area contributed by atoms with Crippen LogP contribution in [0.15, 0.2) is 30.0 Å². The van der Waals surface area contributed by atoms with Gasteiger partial charge in [0.05, 0.1) is 16.1 Å². The molecule has 0 bridgehead atoms. The van der Waals surface area contributed by atoms with Crippen molar-refractivity contribution in [2.24, 2.45) is 0 Å². The van der Waals surface area contributed by atoms with Gasteiger partial charge in [-0.05, 0) is 12.1 Å². The molecule has 2 rings (SSSR count). The molecular weight excluding hydrogens is 184 g/mol. The van der Waals surface area contributed by atoms with E-state index in [-0.39, 0.29) is 0 Å². The van der Waals surface area contributed by atoms with Crippen LogP contribution in [0.5, 0.6) is 0 Å². The first kappa shape index (κ1) is 8.07. The maximum absolute atomic E-state index is 10.7. The Kier molecular flexibility index (Phi) is 2.14. The first-order valence-electron chi connectivity index (χ1n) is 3.71. The molecule has 0 saturated carbocycles. The van der Waals surface area contributed by atoms with Gasteiger partial charge in [0.2, 0.25) is 0 Å². The Morgan fingerprint density at radius 1 is 1.46 bits per heavy atom. The maximum Gasteiger partial charge on any atom is 0.152 e. The van der Waals surface area contributed by atoms with Gasteiger partial charge < -0.3 is 0 Å². The van der Waals surface area contributed by atoms with Crippen LogP contribution in [0.2, 0.25) is 0 Å². The van der Waals surface area contributed by atoms with Crippen LogP contribution < -0.4 is 0 Å². The van der Waals surface area contributed by atoms with Gasteiger partial charge in [0.15, 0.2) is 6.29 Å². The molecule has 64 valence electrons. The van der Waals surface area contributed by atoms with Crippen molar-refractivity contribution in [3.05, 3.63) is 35.6 Å². The molecule has 3 nitrogen and oxygen atoms in total. The number of aromatic nitrogens is 2. The molecule has 0 unspecified atom stereocenters. The van der Waals surface area contributed by atoms with E-state index in [1.807, 2.05) is 0 Å². The zero-order valence-corrected chi connectivity index (χ0v) is 7.49. The molecule has 2 aromatic rings. The quantitative estimate of drug-likeness (QED) is 0.680. The molecule has 0 fully saturated rings. The van der Waals surface area contributed by atoms with Crippen LogP contribution in [-0.2, 0) is 0 Å². The lowest BCUT2D eigenvalue weighted by Crippen LogP contribution is -1.88. The summed E-state index contributed by atoms with van der Waals surface area (Å²) < 4.78 is 0. The van der Waals surface area contributed by atoms with E-state index in [0.29, 0.717) is 11.3 Å². The minimum atomic E-state index is 0.603. The fraction of sp³-hybridized carbons (Fsp3) is 0. The summed E-state index contributed by atoms with van der Waals surface area (Å²) in [6, 6.07) is 3.49. The molecule has 0 aliphatic heterocycles. The molecule has 0 saturated heterocycles. The maximum atomic E-state index is 10.7. The van der Waals surface area contributed by atoms with E-state index < -0.39 is 0 Å². The molecule has 4 heteroatoms. The lowest BCUT2D eigenvalue weighted by atomic mass is 10.2. The summed E-state index contributed by atoms with van der Waals surface area (Å²) in [5, 5.41) is 0. The second kappa shape index (κ2) is 3.45. The lowest BCUT2D eigenvalue weighted by molar-refractivity contribution is 0.112. The second-order valence-electron chi connectivity index (χ2n) is 2.42. The van der Waals surface area contributed by atoms with Crippen molar-refractivity contribution in [2.45, 2.75) is 0 Å². The van der Waals surface area contributed by atoms with Crippen LogP contribution in [0.1, 0.15) is 10.4 Å². The monoisotopic (exact) mass is 190 g/mol. The number of hydrogen-bond donors (Lipinski definition) is 0. The van der Waals surface area contributed by atoms with Gasteiger partial charge in [-0.3, -0.25) is 14.8 Å². The van der Waals surface area contributed by atoms with E-state index in [0.717, 1.165) is 11.2 Å². The molecular formula is C9H6N2OS. The number of nitrogens with zero attached hydrogens (tertiary/aromatic N) is 2. The van der Waals surface area contributed by atoms with Crippen LogP contribution in [0.25, 0.3) is 10.6 Å². The average molecular weight is 190 g/mol. The van der Waals surface area contributed by atoms with Crippen molar-refractivity contribution in [1.82, 2.24) is 9.97 Å². The zero-order chi connectivity index (χ0) is 9.10. The average Bonchev–Trinajstić information content (AvgIpc) is 2.70. The van der Waals surface area contributed by atoms with Gasteiger partial charge in [0.1, 0.15) is 0 Å². The smallest absolute Gasteiger partial charge is 0.152 e. The number of pyridine rings is 1. The molecule has 2 heterocycles. The van der Waals surface area contributed by atoms with E-state index >= 15 is 0 Å². The highest BCUT2D eigenvalue weighted by molar-refractivity contribution is 7.13. The number of rotatable bonds is 2. The van der Waals surface area contributed by atoms with Gasteiger partial charge in [-0.1, -0.05) is 0 Å². The SMILES string of the molecule is O=Cc1cccnc1-c1cncs1. The highest BCUT2D eigenvalue weighted by Gasteiger charge is 2.05. The summed E-state index contributed by atoms with van der Waals surface area (Å²) in [6.45, 7) is 0. The van der Waals surface area contributed by atoms with E-state index in [2.05, 4.69) is 9.97 Å². The highest BCUT2D eigenvalue weighted by Crippen LogP contribution is 2.22. The minimum absolute atomic E-state index is 0.603. The summed E-state index contributed by atoms with van der Waals surface area (Å²) in [4.78, 5) is 19.7. The molecule has 2 aromatic heterocycles. The molecule has 0 N–H and O–H groups in total. The van der Waals surface area contributed by atoms with Gasteiger partial charge in [0.25, 0.3) is 0 Å². The molecule has 0 aromatic carbocycles. The Balaban J connectivity index is 2.57. The predicted molar refractivity (Wildman–Crippen MR) is 50.7 cm³/mol. The molecule has 0 radical (unpaired) electrons. The van der Waals surface area contributed by atoms with Crippen LogP contribution >= 0.6 is 11.3 Å². The Labute approximate surface area is 79.1 Å². The molecule has 0 aliphatic carbocycles. The highest BCUT2D eigenvalue weighted by atomic mass is 32.1. The molecule has 0 aliphatic rings. The molecule has 0 atom stereocenters. The number of aldehydes is 1. The summed E-state index contributed by atoms with van der Waals surface area (Å²) in [5.74, 6) is 0. The first-order chi connectivity index (χ1) is 6.42. The summed E-state index contributed by atoms with van der Waals surface area (Å²) >= 11 is 1.47. The van der Waals surface area contributed by atoms with Gasteiger partial charge >= 0.3 is 0 Å². The molecule has 0 amide bonds. The Hall–Kier alpha value is -1.55. The van der Waals surface area contributed by atoms with E-state index in [9.17, 15) is 4.79 Å². The number of carbonyl (C=O) groups is 1. The molecule has 13 heavy (non-hydrogen) atoms. The van der Waals surface area contributed by atoms with Gasteiger partial charge in [0, 0.05) is 18.0 Å². The van der Waals surface area contributed by atoms with Crippen molar-refractivity contribution >= 4 is 17.6 Å². The lowest BCUT2D eigenvalue weighted by Gasteiger charge is -1.97. The fourth-order valence-electron chi connectivity index (χ4n) is 1.05. The standard InChI is InChI=1S/C9H6N2OS/c12-5-7-2-1-3-11-9(7)8-4-10-6-13-8/h1-6H. The van der Waals surface area contributed by atoms with Gasteiger partial charge in [-0.2, -0.15) is 0 Å². The van der Waals surface area contributed by atoms with E-state index in [1.54, 1.807) is 30.0 Å². The third-order valence-electron chi connectivity index (χ3n) is 1.63. The second-order valence-corrected chi connectivity index (χ2v) is 3.31. The van der Waals surface area contributed by atoms with Crippen molar-refractivity contribution in [1.29, 1.82) is 0 Å². The number of thiazole rings is 1. The third-order valence-corrected chi connectivity index (χ3v) is 2.41. The summed E-state index contributed by atoms with van der Waals surface area (Å²) in [6.07, 6.45) is 4.18. The topological polar surface area (TPSA) is 42.9 Å². The fourth-order valence-corrected chi connectivity index (χ4v) is 1.69. The Morgan fingerprint density at radius 3 is 3.08 bits per heavy atom. The van der Waals surface area contributed by atoms with Crippen molar-refractivity contribution < 1.29 is 4.79 Å². The van der Waals surface area contributed by atoms with Crippen molar-refractivity contribution in [2.75, 3.05) is 0 Å². The van der Waals surface area contributed by atoms with Crippen LogP contribution in [0.4, 0.5) is 0 Å². The first-order valence-corrected chi connectivity index (χ1v) is 4.59. The van der Waals surface area contributed by atoms with Crippen LogP contribution in [-0.4, -0.2) is 16.3 Å². The summed E-state index contributed by atoms with van der Waals surface area (Å²) in [7, 11) is 0. The largest absolute Gasteiger partial charge is 0.298 e. The molecule has 0 spiro atoms.